The number of benzene rings is 1. The molecule has 1 fully saturated rings. The van der Waals surface area contributed by atoms with Gasteiger partial charge in [0.15, 0.2) is 5.78 Å². The average Bonchev–Trinajstić information content (AvgIpc) is 2.47. The van der Waals surface area contributed by atoms with E-state index in [0.717, 1.165) is 18.8 Å². The van der Waals surface area contributed by atoms with Crippen LogP contribution in [-0.2, 0) is 4.79 Å². The highest BCUT2D eigenvalue weighted by molar-refractivity contribution is 5.85. The Kier molecular flexibility index (Phi) is 3.25. The van der Waals surface area contributed by atoms with E-state index in [1.165, 1.54) is 11.1 Å². The first kappa shape index (κ1) is 11.1. The predicted molar refractivity (Wildman–Crippen MR) is 66.0 cm³/mol. The van der Waals surface area contributed by atoms with Crippen molar-refractivity contribution in [2.24, 2.45) is 0 Å². The van der Waals surface area contributed by atoms with Gasteiger partial charge in [-0.2, -0.15) is 0 Å². The van der Waals surface area contributed by atoms with Gasteiger partial charge in [0, 0.05) is 18.8 Å². The van der Waals surface area contributed by atoms with Gasteiger partial charge in [-0.3, -0.25) is 4.79 Å². The lowest BCUT2D eigenvalue weighted by atomic mass is 10.1. The number of anilines is 1. The lowest BCUT2D eigenvalue weighted by molar-refractivity contribution is -0.116. The number of nitrogens with one attached hydrogen (secondary N) is 1. The maximum atomic E-state index is 11.5. The van der Waals surface area contributed by atoms with Gasteiger partial charge < -0.3 is 10.2 Å². The van der Waals surface area contributed by atoms with Gasteiger partial charge >= 0.3 is 0 Å². The molecule has 1 aromatic carbocycles. The van der Waals surface area contributed by atoms with Gasteiger partial charge in [-0.1, -0.05) is 6.07 Å². The van der Waals surface area contributed by atoms with Crippen LogP contribution in [0.25, 0.3) is 0 Å². The molecule has 3 nitrogen and oxygen atoms in total. The highest BCUT2D eigenvalue weighted by atomic mass is 16.1. The highest BCUT2D eigenvalue weighted by Crippen LogP contribution is 2.18. The predicted octanol–water partition coefficient (Wildman–Crippen LogP) is 1.28. The van der Waals surface area contributed by atoms with E-state index in [-0.39, 0.29) is 5.78 Å². The van der Waals surface area contributed by atoms with Crippen molar-refractivity contribution in [2.75, 3.05) is 31.1 Å². The molecule has 16 heavy (non-hydrogen) atoms. The lowest BCUT2D eigenvalue weighted by Crippen LogP contribution is -2.30. The van der Waals surface area contributed by atoms with Crippen molar-refractivity contribution in [1.29, 1.82) is 0 Å². The molecule has 0 aromatic heterocycles. The van der Waals surface area contributed by atoms with E-state index in [4.69, 9.17) is 0 Å². The molecule has 2 rings (SSSR count). The lowest BCUT2D eigenvalue weighted by Gasteiger charge is -2.22. The van der Waals surface area contributed by atoms with Crippen LogP contribution in [0.15, 0.2) is 18.2 Å². The molecular weight excluding hydrogens is 200 g/mol. The zero-order valence-electron chi connectivity index (χ0n) is 9.92. The summed E-state index contributed by atoms with van der Waals surface area (Å²) in [4.78, 5) is 13.7. The molecule has 0 amide bonds. The summed E-state index contributed by atoms with van der Waals surface area (Å²) in [5.74, 6) is 0.260. The molecule has 1 heterocycles. The molecule has 1 aliphatic rings. The fourth-order valence-electron chi connectivity index (χ4n) is 1.93. The SMILES string of the molecule is Cc1ccc(N2CCNCC(=O)C2)cc1C. The Morgan fingerprint density at radius 1 is 1.25 bits per heavy atom. The molecule has 0 radical (unpaired) electrons. The van der Waals surface area contributed by atoms with Crippen molar-refractivity contribution >= 4 is 11.5 Å². The molecule has 0 saturated carbocycles. The zero-order chi connectivity index (χ0) is 11.5. The summed E-state index contributed by atoms with van der Waals surface area (Å²) < 4.78 is 0. The number of aryl methyl sites for hydroxylation is 2. The third-order valence-electron chi connectivity index (χ3n) is 3.10. The van der Waals surface area contributed by atoms with Gasteiger partial charge in [0.05, 0.1) is 13.1 Å². The Labute approximate surface area is 96.5 Å². The molecule has 86 valence electrons. The Morgan fingerprint density at radius 2 is 2.06 bits per heavy atom. The van der Waals surface area contributed by atoms with E-state index >= 15 is 0 Å². The quantitative estimate of drug-likeness (QED) is 0.770. The summed E-state index contributed by atoms with van der Waals surface area (Å²) in [6, 6.07) is 6.38. The summed E-state index contributed by atoms with van der Waals surface area (Å²) in [7, 11) is 0. The molecule has 1 aromatic rings. The molecule has 1 N–H and O–H groups in total. The van der Waals surface area contributed by atoms with Crippen molar-refractivity contribution < 1.29 is 4.79 Å². The van der Waals surface area contributed by atoms with E-state index in [9.17, 15) is 4.79 Å². The third-order valence-corrected chi connectivity index (χ3v) is 3.10. The van der Waals surface area contributed by atoms with Crippen molar-refractivity contribution in [3.05, 3.63) is 29.3 Å². The molecular formula is C13H18N2O. The molecule has 0 bridgehead atoms. The van der Waals surface area contributed by atoms with Crippen molar-refractivity contribution in [3.8, 4) is 0 Å². The maximum absolute atomic E-state index is 11.5. The number of Topliss-reactive ketones (excluding diaryl/α,β-unsaturated/α-hetero) is 1. The summed E-state index contributed by atoms with van der Waals surface area (Å²) in [6.07, 6.45) is 0. The first-order valence-corrected chi connectivity index (χ1v) is 5.71. The first-order chi connectivity index (χ1) is 7.66. The van der Waals surface area contributed by atoms with E-state index < -0.39 is 0 Å². The summed E-state index contributed by atoms with van der Waals surface area (Å²) >= 11 is 0. The number of hydrogen-bond acceptors (Lipinski definition) is 3. The first-order valence-electron chi connectivity index (χ1n) is 5.71. The number of carbonyl (C=O) groups excluding carboxylic acids is 1. The Morgan fingerprint density at radius 3 is 2.81 bits per heavy atom. The number of hydrogen-bond donors (Lipinski definition) is 1. The van der Waals surface area contributed by atoms with Gasteiger partial charge in [0.1, 0.15) is 0 Å². The van der Waals surface area contributed by atoms with Crippen LogP contribution in [0.4, 0.5) is 5.69 Å². The number of ketones is 1. The summed E-state index contributed by atoms with van der Waals surface area (Å²) in [6.45, 7) is 7.01. The fraction of sp³-hybridized carbons (Fsp3) is 0.462. The Balaban J connectivity index is 2.21. The molecule has 3 heteroatoms. The topological polar surface area (TPSA) is 32.3 Å². The summed E-state index contributed by atoms with van der Waals surface area (Å²) in [5, 5.41) is 3.13. The van der Waals surface area contributed by atoms with Crippen LogP contribution in [0.3, 0.4) is 0 Å². The zero-order valence-corrected chi connectivity index (χ0v) is 9.92. The van der Waals surface area contributed by atoms with Crippen LogP contribution in [0.2, 0.25) is 0 Å². The minimum atomic E-state index is 0.260. The number of carbonyl (C=O) groups is 1. The molecule has 1 saturated heterocycles. The van der Waals surface area contributed by atoms with Gasteiger partial charge in [0.25, 0.3) is 0 Å². The van der Waals surface area contributed by atoms with E-state index in [1.54, 1.807) is 0 Å². The van der Waals surface area contributed by atoms with Crippen LogP contribution >= 0.6 is 0 Å². The molecule has 1 aliphatic heterocycles. The van der Waals surface area contributed by atoms with Crippen molar-refractivity contribution in [1.82, 2.24) is 5.32 Å². The van der Waals surface area contributed by atoms with E-state index in [0.29, 0.717) is 13.1 Å². The van der Waals surface area contributed by atoms with Crippen molar-refractivity contribution in [3.63, 3.8) is 0 Å². The second-order valence-electron chi connectivity index (χ2n) is 4.41. The van der Waals surface area contributed by atoms with Crippen LogP contribution in [0, 0.1) is 13.8 Å². The van der Waals surface area contributed by atoms with Crippen LogP contribution in [-0.4, -0.2) is 32.0 Å². The van der Waals surface area contributed by atoms with Crippen molar-refractivity contribution in [2.45, 2.75) is 13.8 Å². The monoisotopic (exact) mass is 218 g/mol. The maximum Gasteiger partial charge on any atom is 0.165 e. The number of nitrogens with zero attached hydrogens (tertiary/aromatic N) is 1. The van der Waals surface area contributed by atoms with E-state index in [2.05, 4.69) is 42.3 Å². The fourth-order valence-corrected chi connectivity index (χ4v) is 1.93. The van der Waals surface area contributed by atoms with Crippen LogP contribution in [0.1, 0.15) is 11.1 Å². The van der Waals surface area contributed by atoms with Gasteiger partial charge in [-0.15, -0.1) is 0 Å². The van der Waals surface area contributed by atoms with Gasteiger partial charge in [0.2, 0.25) is 0 Å². The molecule has 0 aliphatic carbocycles. The van der Waals surface area contributed by atoms with Crippen LogP contribution < -0.4 is 10.2 Å². The Hall–Kier alpha value is -1.35. The second-order valence-corrected chi connectivity index (χ2v) is 4.41. The molecule has 0 spiro atoms. The molecule has 0 atom stereocenters. The smallest absolute Gasteiger partial charge is 0.165 e. The minimum absolute atomic E-state index is 0.260. The largest absolute Gasteiger partial charge is 0.363 e. The van der Waals surface area contributed by atoms with Crippen LogP contribution in [0.5, 0.6) is 0 Å². The van der Waals surface area contributed by atoms with Gasteiger partial charge in [-0.25, -0.2) is 0 Å². The average molecular weight is 218 g/mol. The normalized spacial score (nSPS) is 17.4. The van der Waals surface area contributed by atoms with E-state index in [1.807, 2.05) is 0 Å². The minimum Gasteiger partial charge on any atom is -0.363 e. The highest BCUT2D eigenvalue weighted by Gasteiger charge is 2.15. The molecule has 0 unspecified atom stereocenters. The number of rotatable bonds is 1. The standard InChI is InChI=1S/C13H18N2O/c1-10-3-4-12(7-11(10)2)15-6-5-14-8-13(16)9-15/h3-4,7,14H,5-6,8-9H2,1-2H3. The summed E-state index contributed by atoms with van der Waals surface area (Å²) in [5.41, 5.74) is 3.73. The van der Waals surface area contributed by atoms with Gasteiger partial charge in [-0.05, 0) is 37.1 Å². The Bertz CT molecular complexity index is 401. The second kappa shape index (κ2) is 4.66. The third kappa shape index (κ3) is 2.42.